The molecule has 0 aliphatic heterocycles. The molecule has 3 rings (SSSR count). The van der Waals surface area contributed by atoms with Gasteiger partial charge in [0.15, 0.2) is 0 Å². The lowest BCUT2D eigenvalue weighted by Gasteiger charge is -2.04. The number of furan rings is 1. The Bertz CT molecular complexity index is 865. The van der Waals surface area contributed by atoms with Crippen LogP contribution in [-0.4, -0.2) is 24.0 Å². The molecule has 3 aromatic rings. The van der Waals surface area contributed by atoms with E-state index in [4.69, 9.17) is 4.42 Å². The van der Waals surface area contributed by atoms with Crippen molar-refractivity contribution in [2.75, 3.05) is 7.05 Å². The number of carboxylic acid groups (broad SMARTS) is 1. The average molecular weight is 295 g/mol. The van der Waals surface area contributed by atoms with Crippen LogP contribution in [0.3, 0.4) is 0 Å². The molecule has 0 atom stereocenters. The maximum Gasteiger partial charge on any atom is 0.335 e. The van der Waals surface area contributed by atoms with Crippen LogP contribution in [0, 0.1) is 0 Å². The number of hydrogen-bond acceptors (Lipinski definition) is 3. The van der Waals surface area contributed by atoms with Crippen molar-refractivity contribution < 1.29 is 19.1 Å². The Hall–Kier alpha value is -3.08. The van der Waals surface area contributed by atoms with E-state index in [0.29, 0.717) is 11.0 Å². The van der Waals surface area contributed by atoms with E-state index in [2.05, 4.69) is 5.32 Å². The summed E-state index contributed by atoms with van der Waals surface area (Å²) in [6, 6.07) is 12.3. The Morgan fingerprint density at radius 1 is 1.14 bits per heavy atom. The number of carboxylic acids is 1. The lowest BCUT2D eigenvalue weighted by atomic mass is 10.00. The van der Waals surface area contributed by atoms with E-state index >= 15 is 0 Å². The predicted molar refractivity (Wildman–Crippen MR) is 82.0 cm³/mol. The van der Waals surface area contributed by atoms with E-state index in [-0.39, 0.29) is 17.0 Å². The van der Waals surface area contributed by atoms with Gasteiger partial charge in [0.25, 0.3) is 5.91 Å². The quantitative estimate of drug-likeness (QED) is 0.778. The van der Waals surface area contributed by atoms with Gasteiger partial charge < -0.3 is 14.8 Å². The molecule has 0 bridgehead atoms. The van der Waals surface area contributed by atoms with Crippen molar-refractivity contribution in [1.82, 2.24) is 5.32 Å². The number of hydrogen-bond donors (Lipinski definition) is 2. The maximum absolute atomic E-state index is 12.0. The highest BCUT2D eigenvalue weighted by atomic mass is 16.4. The summed E-state index contributed by atoms with van der Waals surface area (Å²) in [5, 5.41) is 12.4. The van der Waals surface area contributed by atoms with Crippen LogP contribution in [0.2, 0.25) is 0 Å². The molecule has 0 radical (unpaired) electrons. The molecular formula is C17H13NO4. The summed E-state index contributed by atoms with van der Waals surface area (Å²) in [5.74, 6) is -1.48. The maximum atomic E-state index is 12.0. The van der Waals surface area contributed by atoms with Gasteiger partial charge in [-0.25, -0.2) is 4.79 Å². The molecule has 0 spiro atoms. The monoisotopic (exact) mass is 295 g/mol. The third kappa shape index (κ3) is 2.22. The van der Waals surface area contributed by atoms with E-state index in [1.165, 1.54) is 25.4 Å². The van der Waals surface area contributed by atoms with Crippen molar-refractivity contribution in [1.29, 1.82) is 0 Å². The molecule has 5 nitrogen and oxygen atoms in total. The topological polar surface area (TPSA) is 79.5 Å². The minimum Gasteiger partial charge on any atom is -0.478 e. The summed E-state index contributed by atoms with van der Waals surface area (Å²) in [6.45, 7) is 0. The Kier molecular flexibility index (Phi) is 3.39. The second-order valence-electron chi connectivity index (χ2n) is 4.80. The van der Waals surface area contributed by atoms with Gasteiger partial charge in [0, 0.05) is 18.0 Å². The first-order chi connectivity index (χ1) is 10.6. The van der Waals surface area contributed by atoms with E-state index in [9.17, 15) is 14.7 Å². The summed E-state index contributed by atoms with van der Waals surface area (Å²) in [5.41, 5.74) is 2.28. The fourth-order valence-electron chi connectivity index (χ4n) is 2.41. The zero-order chi connectivity index (χ0) is 15.7. The summed E-state index contributed by atoms with van der Waals surface area (Å²) >= 11 is 0. The molecule has 5 heteroatoms. The highest BCUT2D eigenvalue weighted by Gasteiger charge is 2.19. The third-order valence-corrected chi connectivity index (χ3v) is 3.48. The number of aromatic carboxylic acids is 1. The number of amides is 1. The van der Waals surface area contributed by atoms with E-state index in [1.807, 2.05) is 30.3 Å². The van der Waals surface area contributed by atoms with E-state index in [1.54, 1.807) is 0 Å². The zero-order valence-corrected chi connectivity index (χ0v) is 11.8. The van der Waals surface area contributed by atoms with E-state index in [0.717, 1.165) is 11.1 Å². The van der Waals surface area contributed by atoms with Crippen molar-refractivity contribution in [3.63, 3.8) is 0 Å². The lowest BCUT2D eigenvalue weighted by molar-refractivity contribution is 0.0697. The normalized spacial score (nSPS) is 10.6. The summed E-state index contributed by atoms with van der Waals surface area (Å²) in [4.78, 5) is 23.3. The molecule has 0 saturated heterocycles. The molecule has 0 unspecified atom stereocenters. The number of carbonyl (C=O) groups excluding carboxylic acids is 1. The first kappa shape index (κ1) is 13.9. The second kappa shape index (κ2) is 5.37. The summed E-state index contributed by atoms with van der Waals surface area (Å²) in [7, 11) is 1.49. The molecule has 2 N–H and O–H groups in total. The summed E-state index contributed by atoms with van der Waals surface area (Å²) < 4.78 is 5.54. The van der Waals surface area contributed by atoms with E-state index < -0.39 is 5.97 Å². The highest BCUT2D eigenvalue weighted by molar-refractivity contribution is 6.11. The minimum atomic E-state index is -1.09. The molecule has 0 fully saturated rings. The fourth-order valence-corrected chi connectivity index (χ4v) is 2.41. The molecule has 110 valence electrons. The largest absolute Gasteiger partial charge is 0.478 e. The van der Waals surface area contributed by atoms with Crippen molar-refractivity contribution in [3.05, 3.63) is 59.9 Å². The van der Waals surface area contributed by atoms with Crippen LogP contribution >= 0.6 is 0 Å². The van der Waals surface area contributed by atoms with Crippen LogP contribution < -0.4 is 5.32 Å². The van der Waals surface area contributed by atoms with Gasteiger partial charge >= 0.3 is 5.97 Å². The van der Waals surface area contributed by atoms with Gasteiger partial charge in [0.2, 0.25) is 0 Å². The van der Waals surface area contributed by atoms with Crippen LogP contribution in [-0.2, 0) is 0 Å². The molecule has 1 aromatic heterocycles. The number of nitrogens with one attached hydrogen (secondary N) is 1. The van der Waals surface area contributed by atoms with Gasteiger partial charge in [-0.05, 0) is 17.7 Å². The second-order valence-corrected chi connectivity index (χ2v) is 4.80. The standard InChI is InChI=1S/C17H13NO4/c1-18-16(19)13-8-11(17(20)21)7-12-14(9-22-15(12)13)10-5-3-2-4-6-10/h2-9H,1H3,(H,18,19)(H,20,21). The molecule has 2 aromatic carbocycles. The Morgan fingerprint density at radius 2 is 1.86 bits per heavy atom. The fraction of sp³-hybridized carbons (Fsp3) is 0.0588. The average Bonchev–Trinajstić information content (AvgIpc) is 2.97. The number of fused-ring (bicyclic) bond motifs is 1. The molecule has 1 amide bonds. The van der Waals surface area contributed by atoms with Gasteiger partial charge in [-0.3, -0.25) is 4.79 Å². The third-order valence-electron chi connectivity index (χ3n) is 3.48. The molecule has 0 saturated carbocycles. The Morgan fingerprint density at radius 3 is 2.50 bits per heavy atom. The van der Waals surface area contributed by atoms with Crippen LogP contribution in [0.25, 0.3) is 22.1 Å². The van der Waals surface area contributed by atoms with Crippen molar-refractivity contribution in [2.24, 2.45) is 0 Å². The minimum absolute atomic E-state index is 0.0460. The van der Waals surface area contributed by atoms with Crippen LogP contribution in [0.1, 0.15) is 20.7 Å². The highest BCUT2D eigenvalue weighted by Crippen LogP contribution is 2.33. The van der Waals surface area contributed by atoms with Gasteiger partial charge in [0.1, 0.15) is 5.58 Å². The molecular weight excluding hydrogens is 282 g/mol. The van der Waals surface area contributed by atoms with Crippen molar-refractivity contribution in [3.8, 4) is 11.1 Å². The molecule has 0 aliphatic carbocycles. The van der Waals surface area contributed by atoms with Gasteiger partial charge in [0.05, 0.1) is 17.4 Å². The predicted octanol–water partition coefficient (Wildman–Crippen LogP) is 3.16. The Labute approximate surface area is 126 Å². The molecule has 0 aliphatic rings. The zero-order valence-electron chi connectivity index (χ0n) is 11.8. The first-order valence-electron chi connectivity index (χ1n) is 6.68. The lowest BCUT2D eigenvalue weighted by Crippen LogP contribution is -2.18. The van der Waals surface area contributed by atoms with Crippen LogP contribution in [0.5, 0.6) is 0 Å². The summed E-state index contributed by atoms with van der Waals surface area (Å²) in [6.07, 6.45) is 1.54. The van der Waals surface area contributed by atoms with Crippen molar-refractivity contribution in [2.45, 2.75) is 0 Å². The molecule has 22 heavy (non-hydrogen) atoms. The first-order valence-corrected chi connectivity index (χ1v) is 6.68. The van der Waals surface area contributed by atoms with Gasteiger partial charge in [-0.15, -0.1) is 0 Å². The van der Waals surface area contributed by atoms with Crippen molar-refractivity contribution >= 4 is 22.8 Å². The number of benzene rings is 2. The number of rotatable bonds is 3. The van der Waals surface area contributed by atoms with Gasteiger partial charge in [-0.1, -0.05) is 30.3 Å². The van der Waals surface area contributed by atoms with Crippen LogP contribution in [0.4, 0.5) is 0 Å². The molecule has 1 heterocycles. The van der Waals surface area contributed by atoms with Crippen LogP contribution in [0.15, 0.2) is 53.1 Å². The van der Waals surface area contributed by atoms with Gasteiger partial charge in [-0.2, -0.15) is 0 Å². The smallest absolute Gasteiger partial charge is 0.335 e. The SMILES string of the molecule is CNC(=O)c1cc(C(=O)O)cc2c(-c3ccccc3)coc12. The number of carbonyl (C=O) groups is 2. The Balaban J connectivity index is 2.32.